The minimum absolute atomic E-state index is 0.279. The molecule has 1 atom stereocenters. The van der Waals surface area contributed by atoms with Gasteiger partial charge in [-0.25, -0.2) is 0 Å². The molecule has 0 bridgehead atoms. The van der Waals surface area contributed by atoms with Gasteiger partial charge in [-0.15, -0.1) is 0 Å². The lowest BCUT2D eigenvalue weighted by Gasteiger charge is -2.21. The molecule has 2 rings (SSSR count). The van der Waals surface area contributed by atoms with Crippen molar-refractivity contribution in [2.24, 2.45) is 11.8 Å². The second-order valence-corrected chi connectivity index (χ2v) is 5.50. The summed E-state index contributed by atoms with van der Waals surface area (Å²) in [6, 6.07) is 7.78. The van der Waals surface area contributed by atoms with E-state index in [9.17, 15) is 5.11 Å². The first-order chi connectivity index (χ1) is 9.85. The molecule has 0 spiro atoms. The van der Waals surface area contributed by atoms with Crippen molar-refractivity contribution in [1.29, 1.82) is 0 Å². The van der Waals surface area contributed by atoms with Crippen molar-refractivity contribution < 1.29 is 14.6 Å². The fraction of sp³-hybridized carbons (Fsp3) is 0.647. The van der Waals surface area contributed by atoms with Gasteiger partial charge in [-0.3, -0.25) is 0 Å². The van der Waals surface area contributed by atoms with E-state index in [1.807, 2.05) is 31.2 Å². The van der Waals surface area contributed by atoms with E-state index in [4.69, 9.17) is 9.47 Å². The van der Waals surface area contributed by atoms with Crippen molar-refractivity contribution in [2.75, 3.05) is 19.8 Å². The van der Waals surface area contributed by atoms with Gasteiger partial charge in [0.15, 0.2) is 11.5 Å². The smallest absolute Gasteiger partial charge is 0.161 e. The Morgan fingerprint density at radius 3 is 2.40 bits per heavy atom. The van der Waals surface area contributed by atoms with E-state index in [2.05, 4.69) is 0 Å². The first-order valence-corrected chi connectivity index (χ1v) is 7.80. The van der Waals surface area contributed by atoms with Crippen molar-refractivity contribution >= 4 is 0 Å². The zero-order chi connectivity index (χ0) is 14.2. The second kappa shape index (κ2) is 8.15. The Hall–Kier alpha value is -1.22. The minimum Gasteiger partial charge on any atom is -0.490 e. The molecule has 1 N–H and O–H groups in total. The summed E-state index contributed by atoms with van der Waals surface area (Å²) in [7, 11) is 0. The fourth-order valence-electron chi connectivity index (χ4n) is 3.07. The van der Waals surface area contributed by atoms with Crippen LogP contribution in [0.25, 0.3) is 0 Å². The van der Waals surface area contributed by atoms with Crippen LogP contribution in [0.2, 0.25) is 0 Å². The Bertz CT molecular complexity index is 386. The number of para-hydroxylation sites is 2. The molecule has 3 heteroatoms. The summed E-state index contributed by atoms with van der Waals surface area (Å²) in [5.41, 5.74) is 0. The molecular formula is C17H26O3. The van der Waals surface area contributed by atoms with Gasteiger partial charge in [-0.1, -0.05) is 37.8 Å². The largest absolute Gasteiger partial charge is 0.490 e. The van der Waals surface area contributed by atoms with E-state index in [-0.39, 0.29) is 6.61 Å². The molecule has 1 fully saturated rings. The summed E-state index contributed by atoms with van der Waals surface area (Å²) in [5.74, 6) is 2.68. The van der Waals surface area contributed by atoms with Crippen molar-refractivity contribution in [2.45, 2.75) is 39.0 Å². The summed E-state index contributed by atoms with van der Waals surface area (Å²) >= 11 is 0. The van der Waals surface area contributed by atoms with Crippen LogP contribution in [0.5, 0.6) is 11.5 Å². The molecule has 0 aromatic heterocycles. The van der Waals surface area contributed by atoms with Crippen molar-refractivity contribution in [3.8, 4) is 11.5 Å². The molecule has 112 valence electrons. The average Bonchev–Trinajstić information content (AvgIpc) is 2.99. The van der Waals surface area contributed by atoms with E-state index < -0.39 is 0 Å². The monoisotopic (exact) mass is 278 g/mol. The Labute approximate surface area is 121 Å². The highest BCUT2D eigenvalue weighted by Gasteiger charge is 2.24. The molecule has 1 aromatic rings. The third kappa shape index (κ3) is 4.14. The number of hydrogen-bond donors (Lipinski definition) is 1. The maximum absolute atomic E-state index is 9.54. The van der Waals surface area contributed by atoms with Crippen LogP contribution in [0.3, 0.4) is 0 Å². The number of benzene rings is 1. The van der Waals surface area contributed by atoms with Gasteiger partial charge in [0.1, 0.15) is 0 Å². The highest BCUT2D eigenvalue weighted by atomic mass is 16.5. The number of aliphatic hydroxyl groups is 1. The number of hydrogen-bond acceptors (Lipinski definition) is 3. The van der Waals surface area contributed by atoms with E-state index in [0.29, 0.717) is 25.0 Å². The number of aliphatic hydroxyl groups excluding tert-OH is 1. The van der Waals surface area contributed by atoms with Gasteiger partial charge in [-0.2, -0.15) is 0 Å². The molecule has 0 heterocycles. The zero-order valence-corrected chi connectivity index (χ0v) is 12.4. The standard InChI is InChI=1S/C17H26O3/c1-2-19-16-9-5-6-10-17(16)20-12-11-15(13-18)14-7-3-4-8-14/h5-6,9-10,14-15,18H,2-4,7-8,11-13H2,1H3. The molecule has 0 saturated heterocycles. The van der Waals surface area contributed by atoms with E-state index in [1.165, 1.54) is 25.7 Å². The van der Waals surface area contributed by atoms with Crippen molar-refractivity contribution in [1.82, 2.24) is 0 Å². The summed E-state index contributed by atoms with van der Waals surface area (Å²) in [4.78, 5) is 0. The maximum atomic E-state index is 9.54. The van der Waals surface area contributed by atoms with Crippen LogP contribution in [0.1, 0.15) is 39.0 Å². The Morgan fingerprint density at radius 1 is 1.15 bits per heavy atom. The zero-order valence-electron chi connectivity index (χ0n) is 12.4. The first-order valence-electron chi connectivity index (χ1n) is 7.80. The van der Waals surface area contributed by atoms with Crippen LogP contribution >= 0.6 is 0 Å². The van der Waals surface area contributed by atoms with Gasteiger partial charge in [0.25, 0.3) is 0 Å². The van der Waals surface area contributed by atoms with Crippen LogP contribution < -0.4 is 9.47 Å². The molecule has 1 aliphatic carbocycles. The lowest BCUT2D eigenvalue weighted by atomic mass is 9.89. The highest BCUT2D eigenvalue weighted by Crippen LogP contribution is 2.33. The van der Waals surface area contributed by atoms with Crippen LogP contribution in [0.4, 0.5) is 0 Å². The predicted octanol–water partition coefficient (Wildman–Crippen LogP) is 3.65. The van der Waals surface area contributed by atoms with Gasteiger partial charge in [0, 0.05) is 6.61 Å². The molecule has 1 aromatic carbocycles. The first kappa shape index (κ1) is 15.2. The Kier molecular flexibility index (Phi) is 6.19. The molecule has 0 aliphatic heterocycles. The lowest BCUT2D eigenvalue weighted by Crippen LogP contribution is -2.19. The van der Waals surface area contributed by atoms with Crippen molar-refractivity contribution in [3.63, 3.8) is 0 Å². The van der Waals surface area contributed by atoms with Crippen LogP contribution in [0, 0.1) is 11.8 Å². The molecule has 1 saturated carbocycles. The molecule has 3 nitrogen and oxygen atoms in total. The van der Waals surface area contributed by atoms with Gasteiger partial charge in [0.05, 0.1) is 13.2 Å². The highest BCUT2D eigenvalue weighted by molar-refractivity contribution is 5.39. The Balaban J connectivity index is 1.82. The summed E-state index contributed by atoms with van der Waals surface area (Å²) in [6.07, 6.45) is 6.08. The van der Waals surface area contributed by atoms with Crippen LogP contribution in [-0.4, -0.2) is 24.9 Å². The third-order valence-electron chi connectivity index (χ3n) is 4.20. The van der Waals surface area contributed by atoms with E-state index in [1.54, 1.807) is 0 Å². The lowest BCUT2D eigenvalue weighted by molar-refractivity contribution is 0.145. The summed E-state index contributed by atoms with van der Waals surface area (Å²) in [6.45, 7) is 3.54. The molecule has 20 heavy (non-hydrogen) atoms. The van der Waals surface area contributed by atoms with Crippen LogP contribution in [0.15, 0.2) is 24.3 Å². The fourth-order valence-corrected chi connectivity index (χ4v) is 3.07. The minimum atomic E-state index is 0.279. The summed E-state index contributed by atoms with van der Waals surface area (Å²) in [5, 5.41) is 9.54. The molecular weight excluding hydrogens is 252 g/mol. The molecule has 0 radical (unpaired) electrons. The summed E-state index contributed by atoms with van der Waals surface area (Å²) < 4.78 is 11.4. The second-order valence-electron chi connectivity index (χ2n) is 5.50. The predicted molar refractivity (Wildman–Crippen MR) is 80.3 cm³/mol. The maximum Gasteiger partial charge on any atom is 0.161 e. The molecule has 1 aliphatic rings. The Morgan fingerprint density at radius 2 is 1.80 bits per heavy atom. The quantitative estimate of drug-likeness (QED) is 0.789. The van der Waals surface area contributed by atoms with Gasteiger partial charge in [0.2, 0.25) is 0 Å². The van der Waals surface area contributed by atoms with E-state index in [0.717, 1.165) is 17.9 Å². The normalized spacial score (nSPS) is 17.1. The van der Waals surface area contributed by atoms with Gasteiger partial charge in [-0.05, 0) is 37.3 Å². The SMILES string of the molecule is CCOc1ccccc1OCCC(CO)C1CCCC1. The van der Waals surface area contributed by atoms with Gasteiger partial charge >= 0.3 is 0 Å². The van der Waals surface area contributed by atoms with Gasteiger partial charge < -0.3 is 14.6 Å². The third-order valence-corrected chi connectivity index (χ3v) is 4.20. The number of rotatable bonds is 8. The topological polar surface area (TPSA) is 38.7 Å². The van der Waals surface area contributed by atoms with E-state index >= 15 is 0 Å². The van der Waals surface area contributed by atoms with Crippen LogP contribution in [-0.2, 0) is 0 Å². The van der Waals surface area contributed by atoms with Crippen molar-refractivity contribution in [3.05, 3.63) is 24.3 Å². The molecule has 1 unspecified atom stereocenters. The molecule has 0 amide bonds. The number of ether oxygens (including phenoxy) is 2. The average molecular weight is 278 g/mol.